The average Bonchev–Trinajstić information content (AvgIpc) is 3.83. The molecule has 350 valence electrons. The maximum Gasteiger partial charge on any atom is 0.164 e. The molecule has 0 aliphatic heterocycles. The molecule has 3 heterocycles. The van der Waals surface area contributed by atoms with Gasteiger partial charge in [0.05, 0.1) is 11.0 Å². The third-order valence-corrected chi connectivity index (χ3v) is 15.8. The van der Waals surface area contributed by atoms with E-state index in [-0.39, 0.29) is 10.8 Å². The van der Waals surface area contributed by atoms with Crippen LogP contribution in [0.2, 0.25) is 0 Å². The molecule has 0 N–H and O–H groups in total. The fourth-order valence-corrected chi connectivity index (χ4v) is 11.8. The number of hydrogen-bond acceptors (Lipinski definition) is 5. The van der Waals surface area contributed by atoms with Crippen LogP contribution in [0.5, 0.6) is 0 Å². The Bertz CT molecular complexity index is 3980. The van der Waals surface area contributed by atoms with Gasteiger partial charge in [-0.1, -0.05) is 161 Å². The van der Waals surface area contributed by atoms with Crippen LogP contribution in [-0.2, 0) is 10.8 Å². The second kappa shape index (κ2) is 16.7. The molecular formula is C69H49N5. The molecule has 0 saturated heterocycles. The highest BCUT2D eigenvalue weighted by molar-refractivity contribution is 5.89. The van der Waals surface area contributed by atoms with E-state index in [1.54, 1.807) is 0 Å². The summed E-state index contributed by atoms with van der Waals surface area (Å²) < 4.78 is 0. The molecule has 0 atom stereocenters. The zero-order valence-electron chi connectivity index (χ0n) is 41.6. The first kappa shape index (κ1) is 43.6. The van der Waals surface area contributed by atoms with Gasteiger partial charge in [0.15, 0.2) is 17.5 Å². The van der Waals surface area contributed by atoms with Crippen molar-refractivity contribution in [1.29, 1.82) is 0 Å². The van der Waals surface area contributed by atoms with Crippen LogP contribution in [0.1, 0.15) is 49.9 Å². The van der Waals surface area contributed by atoms with Crippen LogP contribution in [0.3, 0.4) is 0 Å². The van der Waals surface area contributed by atoms with Crippen LogP contribution in [-0.4, -0.2) is 24.9 Å². The first-order chi connectivity index (χ1) is 36.1. The third kappa shape index (κ3) is 7.18. The minimum atomic E-state index is -0.0384. The number of rotatable bonds is 7. The zero-order chi connectivity index (χ0) is 49.7. The second-order valence-electron chi connectivity index (χ2n) is 20.9. The van der Waals surface area contributed by atoms with E-state index < -0.39 is 0 Å². The van der Waals surface area contributed by atoms with Gasteiger partial charge in [0.1, 0.15) is 0 Å². The highest BCUT2D eigenvalue weighted by Gasteiger charge is 2.36. The SMILES string of the molecule is CC1(C)c2ccccc2-c2cc(-c3ccc(-c4cc(-c5ccc(-c6ccc7c(c6)-c6ccccc6C7(C)C)cc5)cc(-c5nc(-c6ccc7ncccc7c6)nc(-c6ccc7ncccc7c6)n5)c4)cc3)ccc21. The highest BCUT2D eigenvalue weighted by atomic mass is 15.0. The lowest BCUT2D eigenvalue weighted by Crippen LogP contribution is -2.14. The molecule has 2 aliphatic carbocycles. The molecule has 74 heavy (non-hydrogen) atoms. The van der Waals surface area contributed by atoms with Crippen molar-refractivity contribution in [3.8, 4) is 101 Å². The molecule has 0 radical (unpaired) electrons. The van der Waals surface area contributed by atoms with E-state index in [0.717, 1.165) is 60.8 Å². The van der Waals surface area contributed by atoms with Gasteiger partial charge in [-0.2, -0.15) is 0 Å². The molecule has 12 aromatic rings. The molecule has 5 nitrogen and oxygen atoms in total. The summed E-state index contributed by atoms with van der Waals surface area (Å²) in [6.07, 6.45) is 3.64. The van der Waals surface area contributed by atoms with Gasteiger partial charge in [0.2, 0.25) is 0 Å². The first-order valence-electron chi connectivity index (χ1n) is 25.4. The van der Waals surface area contributed by atoms with Gasteiger partial charge in [0, 0.05) is 50.7 Å². The Balaban J connectivity index is 0.898. The highest BCUT2D eigenvalue weighted by Crippen LogP contribution is 2.51. The summed E-state index contributed by atoms with van der Waals surface area (Å²) in [5.74, 6) is 1.76. The number of nitrogens with zero attached hydrogens (tertiary/aromatic N) is 5. The number of pyridine rings is 2. The molecule has 0 saturated carbocycles. The number of fused-ring (bicyclic) bond motifs is 8. The molecule has 2 aliphatic rings. The van der Waals surface area contributed by atoms with Crippen molar-refractivity contribution in [2.45, 2.75) is 38.5 Å². The Kier molecular flexibility index (Phi) is 9.83. The summed E-state index contributed by atoms with van der Waals surface area (Å²) >= 11 is 0. The quantitative estimate of drug-likeness (QED) is 0.159. The van der Waals surface area contributed by atoms with Gasteiger partial charge in [-0.05, 0) is 168 Å². The fourth-order valence-electron chi connectivity index (χ4n) is 11.8. The lowest BCUT2D eigenvalue weighted by atomic mass is 9.82. The maximum absolute atomic E-state index is 5.30. The fraction of sp³-hybridized carbons (Fsp3) is 0.0870. The minimum absolute atomic E-state index is 0.0384. The van der Waals surface area contributed by atoms with Crippen molar-refractivity contribution in [1.82, 2.24) is 24.9 Å². The van der Waals surface area contributed by atoms with Gasteiger partial charge in [-0.25, -0.2) is 15.0 Å². The van der Waals surface area contributed by atoms with Crippen molar-refractivity contribution in [2.75, 3.05) is 0 Å². The molecule has 0 spiro atoms. The van der Waals surface area contributed by atoms with Gasteiger partial charge < -0.3 is 0 Å². The Labute approximate surface area is 431 Å². The lowest BCUT2D eigenvalue weighted by Gasteiger charge is -2.21. The van der Waals surface area contributed by atoms with Crippen LogP contribution >= 0.6 is 0 Å². The predicted octanol–water partition coefficient (Wildman–Crippen LogP) is 17.2. The van der Waals surface area contributed by atoms with E-state index in [4.69, 9.17) is 15.0 Å². The largest absolute Gasteiger partial charge is 0.256 e. The molecule has 14 rings (SSSR count). The van der Waals surface area contributed by atoms with E-state index in [0.29, 0.717) is 17.5 Å². The summed E-state index contributed by atoms with van der Waals surface area (Å²) in [5.41, 5.74) is 24.3. The van der Waals surface area contributed by atoms with Crippen molar-refractivity contribution < 1.29 is 0 Å². The summed E-state index contributed by atoms with van der Waals surface area (Å²) in [7, 11) is 0. The van der Waals surface area contributed by atoms with E-state index in [9.17, 15) is 0 Å². The Morgan fingerprint density at radius 2 is 0.608 bits per heavy atom. The third-order valence-electron chi connectivity index (χ3n) is 15.8. The van der Waals surface area contributed by atoms with E-state index >= 15 is 0 Å². The first-order valence-corrected chi connectivity index (χ1v) is 25.4. The van der Waals surface area contributed by atoms with Crippen molar-refractivity contribution in [2.24, 2.45) is 0 Å². The maximum atomic E-state index is 5.30. The van der Waals surface area contributed by atoms with E-state index in [1.807, 2.05) is 36.7 Å². The minimum Gasteiger partial charge on any atom is -0.256 e. The number of benzene rings is 9. The monoisotopic (exact) mass is 947 g/mol. The van der Waals surface area contributed by atoms with Gasteiger partial charge in [-0.15, -0.1) is 0 Å². The zero-order valence-corrected chi connectivity index (χ0v) is 41.6. The summed E-state index contributed by atoms with van der Waals surface area (Å²) in [4.78, 5) is 25.0. The topological polar surface area (TPSA) is 64.5 Å². The van der Waals surface area contributed by atoms with Crippen molar-refractivity contribution in [3.05, 3.63) is 247 Å². The second-order valence-corrected chi connectivity index (χ2v) is 20.9. The number of hydrogen-bond donors (Lipinski definition) is 0. The molecule has 9 aromatic carbocycles. The van der Waals surface area contributed by atoms with Crippen molar-refractivity contribution in [3.63, 3.8) is 0 Å². The molecule has 5 heteroatoms. The lowest BCUT2D eigenvalue weighted by molar-refractivity contribution is 0.660. The van der Waals surface area contributed by atoms with Crippen LogP contribution in [0.25, 0.3) is 123 Å². The molecule has 0 fully saturated rings. The Morgan fingerprint density at radius 1 is 0.257 bits per heavy atom. The van der Waals surface area contributed by atoms with Gasteiger partial charge in [-0.3, -0.25) is 9.97 Å². The average molecular weight is 948 g/mol. The molecular weight excluding hydrogens is 899 g/mol. The summed E-state index contributed by atoms with van der Waals surface area (Å²) in [5, 5.41) is 2.03. The summed E-state index contributed by atoms with van der Waals surface area (Å²) in [6, 6.07) is 76.8. The normalized spacial score (nSPS) is 13.6. The predicted molar refractivity (Wildman–Crippen MR) is 304 cm³/mol. The van der Waals surface area contributed by atoms with Crippen LogP contribution in [0.15, 0.2) is 225 Å². The standard InChI is InChI=1S/C69H49N5/c1-68(2)59-15-7-5-13-55(59)57-40-46(25-29-61(57)68)42-17-21-44(22-18-42)52-37-53(45-23-19-43(20-24-45)47-26-30-62-58(41-47)56-14-6-8-16-60(56)69(62,3)4)39-54(38-52)67-73-65(50-27-31-63-48(35-50)11-9-33-70-63)72-66(74-67)51-28-32-64-49(36-51)12-10-34-71-64/h5-41H,1-4H3. The summed E-state index contributed by atoms with van der Waals surface area (Å²) in [6.45, 7) is 9.32. The van der Waals surface area contributed by atoms with Crippen LogP contribution < -0.4 is 0 Å². The molecule has 0 amide bonds. The molecule has 0 bridgehead atoms. The van der Waals surface area contributed by atoms with Gasteiger partial charge in [0.25, 0.3) is 0 Å². The van der Waals surface area contributed by atoms with Crippen LogP contribution in [0, 0.1) is 0 Å². The van der Waals surface area contributed by atoms with E-state index in [2.05, 4.69) is 226 Å². The Morgan fingerprint density at radius 3 is 1.05 bits per heavy atom. The smallest absolute Gasteiger partial charge is 0.164 e. The number of aromatic nitrogens is 5. The van der Waals surface area contributed by atoms with Crippen LogP contribution in [0.4, 0.5) is 0 Å². The van der Waals surface area contributed by atoms with Crippen molar-refractivity contribution >= 4 is 21.8 Å². The molecule has 3 aromatic heterocycles. The van der Waals surface area contributed by atoms with Gasteiger partial charge >= 0.3 is 0 Å². The van der Waals surface area contributed by atoms with E-state index in [1.165, 1.54) is 66.8 Å². The Hall–Kier alpha value is -9.19. The molecule has 0 unspecified atom stereocenters.